The number of benzene rings is 2. The summed E-state index contributed by atoms with van der Waals surface area (Å²) in [6.07, 6.45) is 0.421. The maximum Gasteiger partial charge on any atom is 0.180 e. The van der Waals surface area contributed by atoms with Crippen molar-refractivity contribution in [2.75, 3.05) is 18.1 Å². The molecule has 0 amide bonds. The lowest BCUT2D eigenvalue weighted by Crippen LogP contribution is -2.12. The number of anilines is 1. The van der Waals surface area contributed by atoms with Gasteiger partial charge in [-0.15, -0.1) is 0 Å². The first-order chi connectivity index (χ1) is 9.99. The molecule has 0 fully saturated rings. The van der Waals surface area contributed by atoms with E-state index in [1.165, 1.54) is 0 Å². The molecule has 0 unspecified atom stereocenters. The number of rotatable bonds is 6. The third kappa shape index (κ3) is 4.23. The molecule has 0 heterocycles. The molecule has 0 saturated heterocycles. The van der Waals surface area contributed by atoms with Crippen molar-refractivity contribution in [1.29, 1.82) is 0 Å². The van der Waals surface area contributed by atoms with Crippen molar-refractivity contribution in [3.05, 3.63) is 54.1 Å². The average molecular weight is 305 g/mol. The normalized spacial score (nSPS) is 11.3. The number of ether oxygens (including phenoxy) is 1. The summed E-state index contributed by atoms with van der Waals surface area (Å²) >= 11 is 0. The first-order valence-corrected chi connectivity index (χ1v) is 8.41. The molecule has 0 aliphatic carbocycles. The summed E-state index contributed by atoms with van der Waals surface area (Å²) in [6, 6.07) is 14.4. The lowest BCUT2D eigenvalue weighted by atomic mass is 10.2. The summed E-state index contributed by atoms with van der Waals surface area (Å²) in [6.45, 7) is 2.20. The van der Waals surface area contributed by atoms with Crippen molar-refractivity contribution in [2.24, 2.45) is 0 Å². The molecule has 0 aliphatic heterocycles. The van der Waals surface area contributed by atoms with E-state index in [4.69, 9.17) is 10.5 Å². The second-order valence-electron chi connectivity index (χ2n) is 4.88. The van der Waals surface area contributed by atoms with Crippen LogP contribution in [-0.2, 0) is 9.84 Å². The van der Waals surface area contributed by atoms with Crippen LogP contribution in [0.3, 0.4) is 0 Å². The van der Waals surface area contributed by atoms with E-state index >= 15 is 0 Å². The highest BCUT2D eigenvalue weighted by atomic mass is 32.2. The van der Waals surface area contributed by atoms with E-state index in [9.17, 15) is 8.42 Å². The molecule has 2 aromatic carbocycles. The fourth-order valence-corrected chi connectivity index (χ4v) is 3.49. The minimum Gasteiger partial charge on any atom is -0.494 e. The number of para-hydroxylation sites is 1. The number of hydrogen-bond acceptors (Lipinski definition) is 4. The van der Waals surface area contributed by atoms with Crippen LogP contribution in [0.15, 0.2) is 53.4 Å². The Morgan fingerprint density at radius 3 is 2.52 bits per heavy atom. The molecule has 2 rings (SSSR count). The summed E-state index contributed by atoms with van der Waals surface area (Å²) in [5.41, 5.74) is 6.93. The predicted octanol–water partition coefficient (Wildman–Crippen LogP) is 2.82. The van der Waals surface area contributed by atoms with Crippen molar-refractivity contribution < 1.29 is 13.2 Å². The Bertz CT molecular complexity index is 697. The van der Waals surface area contributed by atoms with Gasteiger partial charge in [0, 0.05) is 0 Å². The van der Waals surface area contributed by atoms with Gasteiger partial charge in [-0.2, -0.15) is 0 Å². The Hall–Kier alpha value is -2.01. The van der Waals surface area contributed by atoms with Gasteiger partial charge >= 0.3 is 0 Å². The summed E-state index contributed by atoms with van der Waals surface area (Å²) in [7, 11) is -3.37. The van der Waals surface area contributed by atoms with Crippen molar-refractivity contribution in [2.45, 2.75) is 18.2 Å². The molecule has 2 aromatic rings. The minimum atomic E-state index is -3.37. The van der Waals surface area contributed by atoms with Crippen LogP contribution in [-0.4, -0.2) is 20.8 Å². The number of aryl methyl sites for hydroxylation is 1. The third-order valence-corrected chi connectivity index (χ3v) is 4.92. The molecular weight excluding hydrogens is 286 g/mol. The molecule has 5 heteroatoms. The van der Waals surface area contributed by atoms with Crippen molar-refractivity contribution in [3.63, 3.8) is 0 Å². The maximum absolute atomic E-state index is 12.3. The topological polar surface area (TPSA) is 69.4 Å². The third-order valence-electron chi connectivity index (χ3n) is 3.07. The number of nitrogen functional groups attached to an aromatic ring is 1. The van der Waals surface area contributed by atoms with Gasteiger partial charge in [0.2, 0.25) is 0 Å². The Morgan fingerprint density at radius 2 is 1.81 bits per heavy atom. The zero-order chi connectivity index (χ0) is 15.3. The first-order valence-electron chi connectivity index (χ1n) is 6.76. The number of hydrogen-bond donors (Lipinski definition) is 1. The van der Waals surface area contributed by atoms with E-state index in [0.29, 0.717) is 18.7 Å². The molecular formula is C16H19NO3S. The zero-order valence-electron chi connectivity index (χ0n) is 12.0. The van der Waals surface area contributed by atoms with Crippen LogP contribution in [0.1, 0.15) is 12.0 Å². The fraction of sp³-hybridized carbons (Fsp3) is 0.250. The quantitative estimate of drug-likeness (QED) is 0.658. The molecule has 112 valence electrons. The van der Waals surface area contributed by atoms with Crippen LogP contribution in [0.25, 0.3) is 0 Å². The molecule has 2 N–H and O–H groups in total. The van der Waals surface area contributed by atoms with Gasteiger partial charge in [-0.25, -0.2) is 8.42 Å². The Morgan fingerprint density at radius 1 is 1.10 bits per heavy atom. The smallest absolute Gasteiger partial charge is 0.180 e. The summed E-state index contributed by atoms with van der Waals surface area (Å²) < 4.78 is 30.1. The van der Waals surface area contributed by atoms with Gasteiger partial charge in [0.15, 0.2) is 9.84 Å². The van der Waals surface area contributed by atoms with E-state index in [1.54, 1.807) is 18.2 Å². The molecule has 0 radical (unpaired) electrons. The zero-order valence-corrected chi connectivity index (χ0v) is 12.8. The highest BCUT2D eigenvalue weighted by molar-refractivity contribution is 7.91. The van der Waals surface area contributed by atoms with Crippen molar-refractivity contribution >= 4 is 15.5 Å². The highest BCUT2D eigenvalue weighted by Crippen LogP contribution is 2.21. The molecule has 21 heavy (non-hydrogen) atoms. The van der Waals surface area contributed by atoms with Crippen LogP contribution in [0.4, 0.5) is 5.69 Å². The van der Waals surface area contributed by atoms with E-state index < -0.39 is 9.84 Å². The molecule has 0 aliphatic rings. The largest absolute Gasteiger partial charge is 0.494 e. The van der Waals surface area contributed by atoms with Crippen molar-refractivity contribution in [1.82, 2.24) is 0 Å². The van der Waals surface area contributed by atoms with Gasteiger partial charge in [-0.3, -0.25) is 0 Å². The summed E-state index contributed by atoms with van der Waals surface area (Å²) in [5, 5.41) is 0. The number of nitrogens with two attached hydrogens (primary N) is 1. The standard InChI is InChI=1S/C16H19NO3S/c1-13-8-9-15(17)16(12-13)21(18,19)11-5-10-20-14-6-3-2-4-7-14/h2-4,6-9,12H,5,10-11,17H2,1H3. The molecule has 0 spiro atoms. The molecule has 0 atom stereocenters. The SMILES string of the molecule is Cc1ccc(N)c(S(=O)(=O)CCCOc2ccccc2)c1. The Kier molecular flexibility index (Phi) is 4.85. The second-order valence-corrected chi connectivity index (χ2v) is 6.95. The van der Waals surface area contributed by atoms with Crippen LogP contribution in [0, 0.1) is 6.92 Å². The lowest BCUT2D eigenvalue weighted by molar-refractivity contribution is 0.317. The van der Waals surface area contributed by atoms with Gasteiger partial charge in [-0.05, 0) is 43.2 Å². The lowest BCUT2D eigenvalue weighted by Gasteiger charge is -2.09. The highest BCUT2D eigenvalue weighted by Gasteiger charge is 2.17. The Balaban J connectivity index is 1.94. The summed E-state index contributed by atoms with van der Waals surface area (Å²) in [5.74, 6) is 0.762. The van der Waals surface area contributed by atoms with Gasteiger partial charge in [0.1, 0.15) is 5.75 Å². The maximum atomic E-state index is 12.3. The monoisotopic (exact) mass is 305 g/mol. The van der Waals surface area contributed by atoms with Crippen LogP contribution < -0.4 is 10.5 Å². The molecule has 0 aromatic heterocycles. The van der Waals surface area contributed by atoms with E-state index in [1.807, 2.05) is 37.3 Å². The average Bonchev–Trinajstić information content (AvgIpc) is 2.47. The van der Waals surface area contributed by atoms with Crippen LogP contribution in [0.2, 0.25) is 0 Å². The van der Waals surface area contributed by atoms with Crippen LogP contribution in [0.5, 0.6) is 5.75 Å². The molecule has 4 nitrogen and oxygen atoms in total. The minimum absolute atomic E-state index is 0.0213. The van der Waals surface area contributed by atoms with E-state index in [-0.39, 0.29) is 10.6 Å². The van der Waals surface area contributed by atoms with Crippen LogP contribution >= 0.6 is 0 Å². The summed E-state index contributed by atoms with van der Waals surface area (Å²) in [4.78, 5) is 0.210. The first kappa shape index (κ1) is 15.4. The number of sulfone groups is 1. The van der Waals surface area contributed by atoms with Gasteiger partial charge in [0.05, 0.1) is 22.9 Å². The second kappa shape index (κ2) is 6.63. The Labute approximate surface area is 125 Å². The molecule has 0 saturated carbocycles. The predicted molar refractivity (Wildman–Crippen MR) is 84.2 cm³/mol. The van der Waals surface area contributed by atoms with Gasteiger partial charge in [-0.1, -0.05) is 24.3 Å². The van der Waals surface area contributed by atoms with Gasteiger partial charge < -0.3 is 10.5 Å². The van der Waals surface area contributed by atoms with E-state index in [2.05, 4.69) is 0 Å². The van der Waals surface area contributed by atoms with Gasteiger partial charge in [0.25, 0.3) is 0 Å². The van der Waals surface area contributed by atoms with E-state index in [0.717, 1.165) is 11.3 Å². The van der Waals surface area contributed by atoms with Crippen molar-refractivity contribution in [3.8, 4) is 5.75 Å². The molecule has 0 bridgehead atoms. The fourth-order valence-electron chi connectivity index (χ4n) is 1.98.